The predicted octanol–water partition coefficient (Wildman–Crippen LogP) is 1.34. The molecule has 2 aromatic heterocycles. The Morgan fingerprint density at radius 3 is 2.56 bits per heavy atom. The summed E-state index contributed by atoms with van der Waals surface area (Å²) in [4.78, 5) is 4.26. The Kier molecular flexibility index (Phi) is 2.64. The molecule has 0 aliphatic rings. The highest BCUT2D eigenvalue weighted by atomic mass is 16.5. The van der Waals surface area contributed by atoms with Crippen molar-refractivity contribution in [1.82, 2.24) is 19.9 Å². The maximum absolute atomic E-state index is 5.09. The molecule has 0 amide bonds. The summed E-state index contributed by atoms with van der Waals surface area (Å²) in [7, 11) is 1.86. The molecule has 0 atom stereocenters. The van der Waals surface area contributed by atoms with Crippen molar-refractivity contribution in [3.63, 3.8) is 0 Å². The normalized spacial score (nSPS) is 10.8. The van der Waals surface area contributed by atoms with E-state index in [-0.39, 0.29) is 0 Å². The molecule has 2 rings (SSSR count). The van der Waals surface area contributed by atoms with Gasteiger partial charge in [-0.15, -0.1) is 0 Å². The van der Waals surface area contributed by atoms with Crippen LogP contribution in [0, 0.1) is 20.8 Å². The van der Waals surface area contributed by atoms with E-state index in [1.54, 1.807) is 4.68 Å². The average molecular weight is 221 g/mol. The highest BCUT2D eigenvalue weighted by Crippen LogP contribution is 2.13. The highest BCUT2D eigenvalue weighted by molar-refractivity contribution is 5.30. The van der Waals surface area contributed by atoms with Crippen LogP contribution in [0.1, 0.15) is 22.8 Å². The van der Waals surface area contributed by atoms with Crippen LogP contribution in [0.4, 0.5) is 5.95 Å². The van der Waals surface area contributed by atoms with Gasteiger partial charge in [0.25, 0.3) is 0 Å². The van der Waals surface area contributed by atoms with Crippen LogP contribution in [0.3, 0.4) is 0 Å². The fourth-order valence-electron chi connectivity index (χ4n) is 1.59. The smallest absolute Gasteiger partial charge is 0.221 e. The summed E-state index contributed by atoms with van der Waals surface area (Å²) in [5, 5.41) is 11.3. The van der Waals surface area contributed by atoms with Gasteiger partial charge in [-0.3, -0.25) is 0 Å². The average Bonchev–Trinajstić information content (AvgIpc) is 2.69. The van der Waals surface area contributed by atoms with Crippen LogP contribution < -0.4 is 5.32 Å². The first kappa shape index (κ1) is 10.7. The molecule has 0 aliphatic carbocycles. The molecule has 0 saturated carbocycles. The summed E-state index contributed by atoms with van der Waals surface area (Å²) in [5.41, 5.74) is 1.98. The number of hydrogen-bond donors (Lipinski definition) is 1. The zero-order valence-corrected chi connectivity index (χ0v) is 9.90. The molecule has 6 nitrogen and oxygen atoms in total. The Morgan fingerprint density at radius 1 is 1.31 bits per heavy atom. The van der Waals surface area contributed by atoms with Gasteiger partial charge in [0.05, 0.1) is 5.69 Å². The van der Waals surface area contributed by atoms with E-state index in [2.05, 4.69) is 20.6 Å². The Hall–Kier alpha value is -1.85. The molecule has 0 spiro atoms. The lowest BCUT2D eigenvalue weighted by Gasteiger charge is -2.03. The summed E-state index contributed by atoms with van der Waals surface area (Å²) in [6.45, 7) is 6.34. The standard InChI is InChI=1S/C10H15N5O/c1-6-9(7(2)16-14-6)5-11-10-12-8(3)13-15(10)4/h5H2,1-4H3,(H,11,12,13). The molecule has 0 unspecified atom stereocenters. The number of nitrogens with zero attached hydrogens (tertiary/aromatic N) is 4. The largest absolute Gasteiger partial charge is 0.361 e. The molecule has 16 heavy (non-hydrogen) atoms. The van der Waals surface area contributed by atoms with E-state index in [4.69, 9.17) is 4.52 Å². The molecule has 0 aliphatic heterocycles. The van der Waals surface area contributed by atoms with Gasteiger partial charge in [-0.05, 0) is 20.8 Å². The van der Waals surface area contributed by atoms with Crippen molar-refractivity contribution in [1.29, 1.82) is 0 Å². The van der Waals surface area contributed by atoms with Crippen molar-refractivity contribution in [3.8, 4) is 0 Å². The zero-order chi connectivity index (χ0) is 11.7. The van der Waals surface area contributed by atoms with Crippen molar-refractivity contribution in [2.24, 2.45) is 7.05 Å². The summed E-state index contributed by atoms with van der Waals surface area (Å²) in [6, 6.07) is 0. The third-order valence-corrected chi connectivity index (χ3v) is 2.47. The van der Waals surface area contributed by atoms with Gasteiger partial charge in [0.2, 0.25) is 5.95 Å². The molecule has 1 N–H and O–H groups in total. The summed E-state index contributed by atoms with van der Waals surface area (Å²) >= 11 is 0. The van der Waals surface area contributed by atoms with E-state index in [0.29, 0.717) is 6.54 Å². The predicted molar refractivity (Wildman–Crippen MR) is 59.0 cm³/mol. The van der Waals surface area contributed by atoms with Crippen LogP contribution in [-0.4, -0.2) is 19.9 Å². The Labute approximate surface area is 93.7 Å². The Balaban J connectivity index is 2.11. The number of anilines is 1. The zero-order valence-electron chi connectivity index (χ0n) is 9.90. The molecular weight excluding hydrogens is 206 g/mol. The topological polar surface area (TPSA) is 68.8 Å². The van der Waals surface area contributed by atoms with E-state index >= 15 is 0 Å². The van der Waals surface area contributed by atoms with E-state index in [9.17, 15) is 0 Å². The molecule has 2 heterocycles. The summed E-state index contributed by atoms with van der Waals surface area (Å²) < 4.78 is 6.80. The first-order valence-corrected chi connectivity index (χ1v) is 5.11. The molecule has 0 radical (unpaired) electrons. The van der Waals surface area contributed by atoms with E-state index < -0.39 is 0 Å². The summed E-state index contributed by atoms with van der Waals surface area (Å²) in [5.74, 6) is 2.34. The fraction of sp³-hybridized carbons (Fsp3) is 0.500. The van der Waals surface area contributed by atoms with Gasteiger partial charge < -0.3 is 9.84 Å². The maximum Gasteiger partial charge on any atom is 0.221 e. The van der Waals surface area contributed by atoms with Crippen molar-refractivity contribution in [3.05, 3.63) is 22.8 Å². The number of aryl methyl sites for hydroxylation is 4. The second-order valence-electron chi connectivity index (χ2n) is 3.76. The van der Waals surface area contributed by atoms with Gasteiger partial charge in [-0.2, -0.15) is 10.1 Å². The van der Waals surface area contributed by atoms with Gasteiger partial charge in [0.1, 0.15) is 11.6 Å². The van der Waals surface area contributed by atoms with Crippen molar-refractivity contribution >= 4 is 5.95 Å². The van der Waals surface area contributed by atoms with Crippen LogP contribution >= 0.6 is 0 Å². The molecular formula is C10H15N5O. The van der Waals surface area contributed by atoms with Gasteiger partial charge >= 0.3 is 0 Å². The molecule has 0 saturated heterocycles. The molecule has 0 aromatic carbocycles. The van der Waals surface area contributed by atoms with Crippen LogP contribution in [0.25, 0.3) is 0 Å². The van der Waals surface area contributed by atoms with E-state index in [0.717, 1.165) is 28.8 Å². The fourth-order valence-corrected chi connectivity index (χ4v) is 1.59. The van der Waals surface area contributed by atoms with Crippen LogP contribution in [0.15, 0.2) is 4.52 Å². The minimum atomic E-state index is 0.646. The van der Waals surface area contributed by atoms with Crippen LogP contribution in [0.2, 0.25) is 0 Å². The van der Waals surface area contributed by atoms with Crippen molar-refractivity contribution in [2.75, 3.05) is 5.32 Å². The molecule has 0 fully saturated rings. The van der Waals surface area contributed by atoms with E-state index in [1.807, 2.05) is 27.8 Å². The van der Waals surface area contributed by atoms with Crippen LogP contribution in [0.5, 0.6) is 0 Å². The number of hydrogen-bond acceptors (Lipinski definition) is 5. The second kappa shape index (κ2) is 3.96. The van der Waals surface area contributed by atoms with Gasteiger partial charge in [0.15, 0.2) is 0 Å². The number of aromatic nitrogens is 4. The van der Waals surface area contributed by atoms with Gasteiger partial charge in [-0.1, -0.05) is 5.16 Å². The number of nitrogens with one attached hydrogen (secondary N) is 1. The molecule has 6 heteroatoms. The highest BCUT2D eigenvalue weighted by Gasteiger charge is 2.10. The molecule has 2 aromatic rings. The van der Waals surface area contributed by atoms with E-state index in [1.165, 1.54) is 0 Å². The third kappa shape index (κ3) is 1.91. The second-order valence-corrected chi connectivity index (χ2v) is 3.76. The Morgan fingerprint density at radius 2 is 2.06 bits per heavy atom. The maximum atomic E-state index is 5.09. The lowest BCUT2D eigenvalue weighted by atomic mass is 10.2. The number of rotatable bonds is 3. The molecule has 86 valence electrons. The SMILES string of the molecule is Cc1nc(NCc2c(C)noc2C)n(C)n1. The van der Waals surface area contributed by atoms with Crippen molar-refractivity contribution < 1.29 is 4.52 Å². The minimum absolute atomic E-state index is 0.646. The van der Waals surface area contributed by atoms with Crippen LogP contribution in [-0.2, 0) is 13.6 Å². The van der Waals surface area contributed by atoms with Crippen molar-refractivity contribution in [2.45, 2.75) is 27.3 Å². The minimum Gasteiger partial charge on any atom is -0.361 e. The third-order valence-electron chi connectivity index (χ3n) is 2.47. The first-order valence-electron chi connectivity index (χ1n) is 5.11. The first-order chi connectivity index (χ1) is 7.58. The lowest BCUT2D eigenvalue weighted by Crippen LogP contribution is -2.06. The Bertz CT molecular complexity index is 480. The monoisotopic (exact) mass is 221 g/mol. The van der Waals surface area contributed by atoms with Gasteiger partial charge in [0, 0.05) is 19.2 Å². The summed E-state index contributed by atoms with van der Waals surface area (Å²) in [6.07, 6.45) is 0. The quantitative estimate of drug-likeness (QED) is 0.847. The molecule has 0 bridgehead atoms. The van der Waals surface area contributed by atoms with Gasteiger partial charge in [-0.25, -0.2) is 4.68 Å². The lowest BCUT2D eigenvalue weighted by molar-refractivity contribution is 0.392.